The molecule has 0 radical (unpaired) electrons. The summed E-state index contributed by atoms with van der Waals surface area (Å²) in [6, 6.07) is 6.76. The van der Waals surface area contributed by atoms with Crippen LogP contribution in [0.5, 0.6) is 0 Å². The van der Waals surface area contributed by atoms with Crippen LogP contribution in [0.15, 0.2) is 24.3 Å². The maximum Gasteiger partial charge on any atom is 0.251 e. The molecule has 0 unspecified atom stereocenters. The van der Waals surface area contributed by atoms with Crippen LogP contribution in [0.3, 0.4) is 0 Å². The molecule has 0 bridgehead atoms. The zero-order chi connectivity index (χ0) is 14.4. The van der Waals surface area contributed by atoms with Gasteiger partial charge in [0.1, 0.15) is 0 Å². The molecule has 0 atom stereocenters. The quantitative estimate of drug-likeness (QED) is 0.889. The molecular weight excluding hydrogens is 252 g/mol. The number of primary amides is 1. The van der Waals surface area contributed by atoms with Crippen molar-refractivity contribution in [2.45, 2.75) is 51.0 Å². The second kappa shape index (κ2) is 7.08. The highest BCUT2D eigenvalue weighted by Crippen LogP contribution is 2.17. The van der Waals surface area contributed by atoms with Gasteiger partial charge < -0.3 is 11.1 Å². The lowest BCUT2D eigenvalue weighted by atomic mass is 9.96. The normalized spacial score (nSPS) is 17.0. The number of rotatable bonds is 3. The SMILES string of the molecule is NC(=O)c1ccc(C(=O)NC2CCCCCCC2)cc1. The number of hydrogen-bond acceptors (Lipinski definition) is 2. The van der Waals surface area contributed by atoms with Crippen LogP contribution in [0.4, 0.5) is 0 Å². The molecule has 0 aliphatic heterocycles. The Hall–Kier alpha value is -1.84. The topological polar surface area (TPSA) is 72.2 Å². The third kappa shape index (κ3) is 4.08. The van der Waals surface area contributed by atoms with E-state index in [1.165, 1.54) is 32.1 Å². The fraction of sp³-hybridized carbons (Fsp3) is 0.500. The summed E-state index contributed by atoms with van der Waals surface area (Å²) >= 11 is 0. The van der Waals surface area contributed by atoms with Gasteiger partial charge in [-0.2, -0.15) is 0 Å². The van der Waals surface area contributed by atoms with Crippen molar-refractivity contribution in [3.05, 3.63) is 35.4 Å². The van der Waals surface area contributed by atoms with Crippen molar-refractivity contribution in [1.82, 2.24) is 5.32 Å². The molecule has 0 heterocycles. The van der Waals surface area contributed by atoms with E-state index in [2.05, 4.69) is 5.32 Å². The van der Waals surface area contributed by atoms with Gasteiger partial charge in [0, 0.05) is 17.2 Å². The molecule has 1 fully saturated rings. The average molecular weight is 274 g/mol. The highest BCUT2D eigenvalue weighted by molar-refractivity contribution is 5.97. The van der Waals surface area contributed by atoms with Crippen molar-refractivity contribution < 1.29 is 9.59 Å². The Morgan fingerprint density at radius 1 is 0.900 bits per heavy atom. The predicted octanol–water partition coefficient (Wildman–Crippen LogP) is 2.63. The molecule has 2 amide bonds. The van der Waals surface area contributed by atoms with Crippen LogP contribution >= 0.6 is 0 Å². The molecule has 3 N–H and O–H groups in total. The van der Waals surface area contributed by atoms with Crippen LogP contribution < -0.4 is 11.1 Å². The van der Waals surface area contributed by atoms with Gasteiger partial charge in [0.15, 0.2) is 0 Å². The zero-order valence-corrected chi connectivity index (χ0v) is 11.7. The Labute approximate surface area is 119 Å². The average Bonchev–Trinajstić information content (AvgIpc) is 2.41. The molecule has 20 heavy (non-hydrogen) atoms. The summed E-state index contributed by atoms with van der Waals surface area (Å²) in [7, 11) is 0. The van der Waals surface area contributed by atoms with Gasteiger partial charge >= 0.3 is 0 Å². The number of nitrogens with two attached hydrogens (primary N) is 1. The lowest BCUT2D eigenvalue weighted by Crippen LogP contribution is -2.35. The van der Waals surface area contributed by atoms with Crippen molar-refractivity contribution in [3.63, 3.8) is 0 Å². The number of nitrogens with one attached hydrogen (secondary N) is 1. The van der Waals surface area contributed by atoms with Crippen molar-refractivity contribution in [2.75, 3.05) is 0 Å². The zero-order valence-electron chi connectivity index (χ0n) is 11.7. The molecule has 1 aromatic rings. The van der Waals surface area contributed by atoms with Crippen LogP contribution in [-0.2, 0) is 0 Å². The summed E-state index contributed by atoms with van der Waals surface area (Å²) in [5, 5.41) is 3.10. The molecule has 1 saturated carbocycles. The smallest absolute Gasteiger partial charge is 0.251 e. The van der Waals surface area contributed by atoms with Crippen LogP contribution in [0, 0.1) is 0 Å². The fourth-order valence-corrected chi connectivity index (χ4v) is 2.66. The van der Waals surface area contributed by atoms with Gasteiger partial charge in [-0.1, -0.05) is 32.1 Å². The first-order valence-corrected chi connectivity index (χ1v) is 7.37. The maximum atomic E-state index is 12.2. The fourth-order valence-electron chi connectivity index (χ4n) is 2.66. The van der Waals surface area contributed by atoms with Crippen molar-refractivity contribution in [1.29, 1.82) is 0 Å². The minimum absolute atomic E-state index is 0.0633. The third-order valence-electron chi connectivity index (χ3n) is 3.87. The van der Waals surface area contributed by atoms with Crippen LogP contribution in [0.25, 0.3) is 0 Å². The molecule has 0 saturated heterocycles. The van der Waals surface area contributed by atoms with Crippen LogP contribution in [-0.4, -0.2) is 17.9 Å². The molecule has 0 spiro atoms. The standard InChI is InChI=1S/C16H22N2O2/c17-15(19)12-8-10-13(11-9-12)16(20)18-14-6-4-2-1-3-5-7-14/h8-11,14H,1-7H2,(H2,17,19)(H,18,20). The van der Waals surface area contributed by atoms with Crippen molar-refractivity contribution in [2.24, 2.45) is 5.73 Å². The van der Waals surface area contributed by atoms with Crippen LogP contribution in [0.1, 0.15) is 65.7 Å². The molecule has 4 nitrogen and oxygen atoms in total. The summed E-state index contributed by atoms with van der Waals surface area (Å²) in [6.07, 6.45) is 8.34. The lowest BCUT2D eigenvalue weighted by Gasteiger charge is -2.21. The Morgan fingerprint density at radius 2 is 1.40 bits per heavy atom. The van der Waals surface area contributed by atoms with Gasteiger partial charge in [0.05, 0.1) is 0 Å². The van der Waals surface area contributed by atoms with Crippen molar-refractivity contribution in [3.8, 4) is 0 Å². The van der Waals surface area contributed by atoms with Crippen molar-refractivity contribution >= 4 is 11.8 Å². The highest BCUT2D eigenvalue weighted by atomic mass is 16.2. The summed E-state index contributed by atoms with van der Waals surface area (Å²) in [5.74, 6) is -0.538. The van der Waals surface area contributed by atoms with Gasteiger partial charge in [-0.25, -0.2) is 0 Å². The summed E-state index contributed by atoms with van der Waals surface area (Å²) < 4.78 is 0. The Kier molecular flexibility index (Phi) is 5.16. The first kappa shape index (κ1) is 14.6. The van der Waals surface area contributed by atoms with Gasteiger partial charge in [0.2, 0.25) is 5.91 Å². The van der Waals surface area contributed by atoms with E-state index in [0.717, 1.165) is 12.8 Å². The van der Waals surface area contributed by atoms with Gasteiger partial charge in [0.25, 0.3) is 5.91 Å². The Morgan fingerprint density at radius 3 is 1.95 bits per heavy atom. The van der Waals surface area contributed by atoms with E-state index in [0.29, 0.717) is 11.1 Å². The Bertz CT molecular complexity index is 460. The predicted molar refractivity (Wildman–Crippen MR) is 78.5 cm³/mol. The summed E-state index contributed by atoms with van der Waals surface area (Å²) in [5.41, 5.74) is 6.19. The van der Waals surface area contributed by atoms with E-state index in [9.17, 15) is 9.59 Å². The van der Waals surface area contributed by atoms with Gasteiger partial charge in [-0.3, -0.25) is 9.59 Å². The van der Waals surface area contributed by atoms with Crippen LogP contribution in [0.2, 0.25) is 0 Å². The van der Waals surface area contributed by atoms with Gasteiger partial charge in [-0.05, 0) is 37.1 Å². The van der Waals surface area contributed by atoms with E-state index in [1.807, 2.05) is 0 Å². The molecule has 1 aliphatic rings. The molecule has 2 rings (SSSR count). The minimum atomic E-state index is -0.475. The molecular formula is C16H22N2O2. The first-order valence-electron chi connectivity index (χ1n) is 7.37. The largest absolute Gasteiger partial charge is 0.366 e. The number of carbonyl (C=O) groups excluding carboxylic acids is 2. The lowest BCUT2D eigenvalue weighted by molar-refractivity contribution is 0.0928. The van der Waals surface area contributed by atoms with E-state index in [1.54, 1.807) is 24.3 Å². The monoisotopic (exact) mass is 274 g/mol. The number of amides is 2. The maximum absolute atomic E-state index is 12.2. The summed E-state index contributed by atoms with van der Waals surface area (Å²) in [4.78, 5) is 23.2. The Balaban J connectivity index is 1.94. The van der Waals surface area contributed by atoms with E-state index < -0.39 is 5.91 Å². The summed E-state index contributed by atoms with van der Waals surface area (Å²) in [6.45, 7) is 0. The van der Waals surface area contributed by atoms with Gasteiger partial charge in [-0.15, -0.1) is 0 Å². The molecule has 108 valence electrons. The van der Waals surface area contributed by atoms with E-state index in [-0.39, 0.29) is 11.9 Å². The first-order chi connectivity index (χ1) is 9.66. The van der Waals surface area contributed by atoms with E-state index in [4.69, 9.17) is 5.73 Å². The number of hydrogen-bond donors (Lipinski definition) is 2. The second-order valence-electron chi connectivity index (χ2n) is 5.46. The highest BCUT2D eigenvalue weighted by Gasteiger charge is 2.15. The molecule has 4 heteroatoms. The molecule has 0 aromatic heterocycles. The van der Waals surface area contributed by atoms with E-state index >= 15 is 0 Å². The molecule has 1 aliphatic carbocycles. The minimum Gasteiger partial charge on any atom is -0.366 e. The number of carbonyl (C=O) groups is 2. The number of benzene rings is 1. The molecule has 1 aromatic carbocycles. The second-order valence-corrected chi connectivity index (χ2v) is 5.46. The third-order valence-corrected chi connectivity index (χ3v) is 3.87.